The first kappa shape index (κ1) is 31.6. The van der Waals surface area contributed by atoms with Crippen LogP contribution in [-0.2, 0) is 22.6 Å². The van der Waals surface area contributed by atoms with Gasteiger partial charge < -0.3 is 25.1 Å². The van der Waals surface area contributed by atoms with Gasteiger partial charge in [0, 0.05) is 50.7 Å². The van der Waals surface area contributed by atoms with E-state index in [0.717, 1.165) is 85.1 Å². The number of H-pyrrole nitrogens is 1. The zero-order valence-corrected chi connectivity index (χ0v) is 27.2. The fraction of sp³-hybridized carbons (Fsp3) is 0.571. The Hall–Kier alpha value is -4.03. The van der Waals surface area contributed by atoms with E-state index in [1.165, 1.54) is 12.8 Å². The normalized spacial score (nSPS) is 24.9. The summed E-state index contributed by atoms with van der Waals surface area (Å²) < 4.78 is 6.01. The summed E-state index contributed by atoms with van der Waals surface area (Å²) >= 11 is 0. The van der Waals surface area contributed by atoms with Gasteiger partial charge in [-0.25, -0.2) is 9.59 Å². The maximum absolute atomic E-state index is 14.1. The number of carbonyl (C=O) groups excluding carboxylic acids is 3. The summed E-state index contributed by atoms with van der Waals surface area (Å²) in [6.07, 6.45) is 7.00. The molecule has 0 spiro atoms. The van der Waals surface area contributed by atoms with Gasteiger partial charge in [0.2, 0.25) is 0 Å². The highest BCUT2D eigenvalue weighted by Crippen LogP contribution is 2.41. The maximum Gasteiger partial charge on any atom is 0.411 e. The lowest BCUT2D eigenvalue weighted by Crippen LogP contribution is -2.69. The number of carbonyl (C=O) groups is 3. The lowest BCUT2D eigenvalue weighted by atomic mass is 9.77. The molecule has 0 saturated carbocycles. The summed E-state index contributed by atoms with van der Waals surface area (Å²) in [7, 11) is 0. The van der Waals surface area contributed by atoms with Crippen molar-refractivity contribution in [2.75, 3.05) is 44.6 Å². The van der Waals surface area contributed by atoms with Crippen molar-refractivity contribution >= 4 is 35.1 Å². The third-order valence-electron chi connectivity index (χ3n) is 11.2. The van der Waals surface area contributed by atoms with E-state index in [2.05, 4.69) is 37.0 Å². The topological polar surface area (TPSA) is 136 Å². The highest BCUT2D eigenvalue weighted by Gasteiger charge is 2.52. The molecule has 2 atom stereocenters. The Morgan fingerprint density at radius 3 is 2.62 bits per heavy atom. The van der Waals surface area contributed by atoms with Crippen LogP contribution in [0.25, 0.3) is 11.0 Å². The number of aromatic nitrogens is 3. The molecule has 47 heavy (non-hydrogen) atoms. The summed E-state index contributed by atoms with van der Waals surface area (Å²) in [5.41, 5.74) is 4.38. The number of anilines is 1. The van der Waals surface area contributed by atoms with Crippen LogP contribution in [0.15, 0.2) is 36.4 Å². The number of amides is 3. The Bertz CT molecular complexity index is 1600. The van der Waals surface area contributed by atoms with Crippen LogP contribution in [0, 0.1) is 18.8 Å². The number of nitrogens with zero attached hydrogens (tertiary/aromatic N) is 5. The fourth-order valence-electron chi connectivity index (χ4n) is 8.70. The molecule has 3 saturated heterocycles. The van der Waals surface area contributed by atoms with Gasteiger partial charge in [-0.05, 0) is 99.2 Å². The second kappa shape index (κ2) is 13.6. The van der Waals surface area contributed by atoms with Crippen molar-refractivity contribution in [1.29, 1.82) is 0 Å². The van der Waals surface area contributed by atoms with Gasteiger partial charge in [-0.1, -0.05) is 24.3 Å². The Balaban J connectivity index is 1.13. The van der Waals surface area contributed by atoms with Gasteiger partial charge >= 0.3 is 12.1 Å². The molecular weight excluding hydrogens is 596 g/mol. The Kier molecular flexibility index (Phi) is 9.13. The number of hydrogen-bond acceptors (Lipinski definition) is 8. The molecule has 7 rings (SSSR count). The number of urea groups is 1. The molecule has 2 aromatic carbocycles. The Morgan fingerprint density at radius 2 is 1.81 bits per heavy atom. The number of likely N-dealkylation sites (tertiary alicyclic amines) is 2. The Morgan fingerprint density at radius 1 is 1.02 bits per heavy atom. The average Bonchev–Trinajstić information content (AvgIpc) is 3.51. The van der Waals surface area contributed by atoms with Crippen molar-refractivity contribution in [1.82, 2.24) is 35.4 Å². The van der Waals surface area contributed by atoms with E-state index in [1.807, 2.05) is 42.2 Å². The van der Waals surface area contributed by atoms with Crippen molar-refractivity contribution in [2.45, 2.75) is 76.6 Å². The molecule has 3 N–H and O–H groups in total. The molecule has 5 heterocycles. The van der Waals surface area contributed by atoms with Crippen molar-refractivity contribution in [3.8, 4) is 0 Å². The smallest absolute Gasteiger partial charge is 0.411 e. The third kappa shape index (κ3) is 6.32. The van der Waals surface area contributed by atoms with Gasteiger partial charge in [-0.3, -0.25) is 9.80 Å². The minimum absolute atomic E-state index is 0.0875. The SMILES string of the molecule is Cc1cc(COC(=O)N2CC[C@@H](N3CCc4ccccc4NC3=O)C[C@@]2(CC=O)N2CCC(C3CCNCC3)CC2)cc2n[nH]nc12. The molecule has 0 bridgehead atoms. The summed E-state index contributed by atoms with van der Waals surface area (Å²) in [6, 6.07) is 11.5. The second-order valence-corrected chi connectivity index (χ2v) is 13.8. The molecule has 12 nitrogen and oxygen atoms in total. The van der Waals surface area contributed by atoms with E-state index >= 15 is 0 Å². The van der Waals surface area contributed by atoms with Crippen LogP contribution in [-0.4, -0.2) is 99.5 Å². The van der Waals surface area contributed by atoms with E-state index in [9.17, 15) is 14.4 Å². The van der Waals surface area contributed by atoms with Crippen LogP contribution in [0.1, 0.15) is 61.6 Å². The van der Waals surface area contributed by atoms with Gasteiger partial charge in [-0.15, -0.1) is 0 Å². The van der Waals surface area contributed by atoms with E-state index < -0.39 is 11.8 Å². The quantitative estimate of drug-likeness (QED) is 0.322. The third-order valence-corrected chi connectivity index (χ3v) is 11.2. The number of para-hydroxylation sites is 1. The zero-order chi connectivity index (χ0) is 32.4. The number of piperidine rings is 3. The van der Waals surface area contributed by atoms with Crippen molar-refractivity contribution in [3.05, 3.63) is 53.1 Å². The molecule has 0 unspecified atom stereocenters. The number of aromatic amines is 1. The van der Waals surface area contributed by atoms with Crippen LogP contribution in [0.3, 0.4) is 0 Å². The Labute approximate surface area is 275 Å². The summed E-state index contributed by atoms with van der Waals surface area (Å²) in [5, 5.41) is 17.7. The van der Waals surface area contributed by atoms with Gasteiger partial charge in [-0.2, -0.15) is 15.4 Å². The highest BCUT2D eigenvalue weighted by atomic mass is 16.6. The molecule has 3 amide bonds. The molecule has 3 fully saturated rings. The first-order chi connectivity index (χ1) is 22.9. The number of aryl methyl sites for hydroxylation is 1. The molecular formula is C35H46N8O4. The second-order valence-electron chi connectivity index (χ2n) is 13.8. The van der Waals surface area contributed by atoms with Crippen LogP contribution in [0.2, 0.25) is 0 Å². The lowest BCUT2D eigenvalue weighted by molar-refractivity contribution is -0.128. The van der Waals surface area contributed by atoms with Gasteiger partial charge in [0.25, 0.3) is 0 Å². The van der Waals surface area contributed by atoms with Crippen LogP contribution < -0.4 is 10.6 Å². The molecule has 3 aromatic rings. The van der Waals surface area contributed by atoms with Crippen molar-refractivity contribution in [2.24, 2.45) is 11.8 Å². The summed E-state index contributed by atoms with van der Waals surface area (Å²) in [5.74, 6) is 1.36. The van der Waals surface area contributed by atoms with Crippen LogP contribution in [0.5, 0.6) is 0 Å². The monoisotopic (exact) mass is 642 g/mol. The molecule has 0 aliphatic carbocycles. The average molecular weight is 643 g/mol. The standard InChI is InChI=1S/C35H46N8O4/c1-24-20-25(21-31-32(24)39-40-38-31)23-47-34(46)43-18-11-29(42-17-10-28-4-2-3-5-30(28)37-33(42)45)22-35(43,12-19-44)41-15-8-27(9-16-41)26-6-13-36-14-7-26/h2-5,19-21,26-27,29,36H,6-18,22-23H2,1H3,(H,37,45)(H,38,39,40)/t29-,35+/m1/s1. The predicted octanol–water partition coefficient (Wildman–Crippen LogP) is 4.45. The molecule has 4 aliphatic heterocycles. The van der Waals surface area contributed by atoms with Crippen LogP contribution in [0.4, 0.5) is 15.3 Å². The van der Waals surface area contributed by atoms with E-state index in [1.54, 1.807) is 4.90 Å². The highest BCUT2D eigenvalue weighted by molar-refractivity contribution is 5.91. The maximum atomic E-state index is 14.1. The molecule has 4 aliphatic rings. The lowest BCUT2D eigenvalue weighted by Gasteiger charge is -2.56. The van der Waals surface area contributed by atoms with Crippen molar-refractivity contribution < 1.29 is 19.1 Å². The van der Waals surface area contributed by atoms with Gasteiger partial charge in [0.05, 0.1) is 0 Å². The number of benzene rings is 2. The molecule has 1 aromatic heterocycles. The number of hydrogen-bond donors (Lipinski definition) is 3. The number of rotatable bonds is 7. The van der Waals surface area contributed by atoms with E-state index in [4.69, 9.17) is 4.74 Å². The number of fused-ring (bicyclic) bond motifs is 2. The minimum Gasteiger partial charge on any atom is -0.444 e. The molecule has 250 valence electrons. The van der Waals surface area contributed by atoms with E-state index in [-0.39, 0.29) is 25.1 Å². The van der Waals surface area contributed by atoms with Gasteiger partial charge in [0.1, 0.15) is 29.6 Å². The van der Waals surface area contributed by atoms with E-state index in [0.29, 0.717) is 37.8 Å². The number of nitrogens with one attached hydrogen (secondary N) is 3. The largest absolute Gasteiger partial charge is 0.444 e. The van der Waals surface area contributed by atoms with Crippen molar-refractivity contribution in [3.63, 3.8) is 0 Å². The summed E-state index contributed by atoms with van der Waals surface area (Å²) in [4.78, 5) is 46.4. The molecule has 0 radical (unpaired) electrons. The first-order valence-electron chi connectivity index (χ1n) is 17.2. The summed E-state index contributed by atoms with van der Waals surface area (Å²) in [6.45, 7) is 6.78. The minimum atomic E-state index is -0.883. The molecule has 12 heteroatoms. The number of aldehydes is 1. The zero-order valence-electron chi connectivity index (χ0n) is 27.2. The first-order valence-corrected chi connectivity index (χ1v) is 17.2. The number of ether oxygens (including phenoxy) is 1. The van der Waals surface area contributed by atoms with Crippen LogP contribution >= 0.6 is 0 Å². The van der Waals surface area contributed by atoms with Gasteiger partial charge in [0.15, 0.2) is 0 Å². The predicted molar refractivity (Wildman–Crippen MR) is 178 cm³/mol. The fourth-order valence-corrected chi connectivity index (χ4v) is 8.70.